The van der Waals surface area contributed by atoms with Crippen molar-refractivity contribution in [1.29, 1.82) is 0 Å². The predicted molar refractivity (Wildman–Crippen MR) is 95.2 cm³/mol. The first-order valence-electron chi connectivity index (χ1n) is 8.73. The van der Waals surface area contributed by atoms with Gasteiger partial charge < -0.3 is 15.4 Å². The smallest absolute Gasteiger partial charge is 0.191 e. The fraction of sp³-hybridized carbons (Fsp3) is 0.765. The third kappa shape index (κ3) is 3.86. The molecular weight excluding hydrogens is 308 g/mol. The molecule has 23 heavy (non-hydrogen) atoms. The van der Waals surface area contributed by atoms with E-state index >= 15 is 0 Å². The molecule has 2 aliphatic heterocycles. The SMILES string of the molecule is CCNC(=NCc1nc(C(C)C)c(C)s1)NC1CC2CCC1O2. The molecule has 0 radical (unpaired) electrons. The number of thiazole rings is 1. The van der Waals surface area contributed by atoms with E-state index in [0.29, 0.717) is 30.7 Å². The number of aryl methyl sites for hydroxylation is 1. The highest BCUT2D eigenvalue weighted by Gasteiger charge is 2.41. The molecule has 128 valence electrons. The average Bonchev–Trinajstić information content (AvgIpc) is 3.20. The fourth-order valence-electron chi connectivity index (χ4n) is 3.50. The maximum atomic E-state index is 5.92. The minimum atomic E-state index is 0.360. The van der Waals surface area contributed by atoms with E-state index < -0.39 is 0 Å². The van der Waals surface area contributed by atoms with Crippen LogP contribution >= 0.6 is 11.3 Å². The van der Waals surface area contributed by atoms with Gasteiger partial charge in [-0.15, -0.1) is 11.3 Å². The maximum Gasteiger partial charge on any atom is 0.191 e. The Balaban J connectivity index is 1.63. The van der Waals surface area contributed by atoms with Crippen LogP contribution in [-0.4, -0.2) is 35.7 Å². The highest BCUT2D eigenvalue weighted by Crippen LogP contribution is 2.34. The topological polar surface area (TPSA) is 58.5 Å². The van der Waals surface area contributed by atoms with E-state index in [4.69, 9.17) is 14.7 Å². The number of guanidine groups is 1. The highest BCUT2D eigenvalue weighted by molar-refractivity contribution is 7.11. The summed E-state index contributed by atoms with van der Waals surface area (Å²) in [7, 11) is 0. The normalized spacial score (nSPS) is 27.0. The predicted octanol–water partition coefficient (Wildman–Crippen LogP) is 2.95. The van der Waals surface area contributed by atoms with Crippen molar-refractivity contribution in [2.24, 2.45) is 4.99 Å². The molecule has 2 fully saturated rings. The van der Waals surface area contributed by atoms with Crippen LogP contribution in [0.25, 0.3) is 0 Å². The zero-order valence-electron chi connectivity index (χ0n) is 14.6. The first kappa shape index (κ1) is 16.7. The van der Waals surface area contributed by atoms with Crippen molar-refractivity contribution in [3.8, 4) is 0 Å². The van der Waals surface area contributed by atoms with Gasteiger partial charge in [0.15, 0.2) is 5.96 Å². The maximum absolute atomic E-state index is 5.92. The third-order valence-corrected chi connectivity index (χ3v) is 5.54. The van der Waals surface area contributed by atoms with Crippen LogP contribution in [0.3, 0.4) is 0 Å². The number of aromatic nitrogens is 1. The van der Waals surface area contributed by atoms with E-state index in [1.54, 1.807) is 11.3 Å². The van der Waals surface area contributed by atoms with Crippen LogP contribution in [0.4, 0.5) is 0 Å². The molecule has 5 nitrogen and oxygen atoms in total. The Morgan fingerprint density at radius 3 is 2.83 bits per heavy atom. The van der Waals surface area contributed by atoms with E-state index in [0.717, 1.165) is 23.9 Å². The zero-order valence-corrected chi connectivity index (χ0v) is 15.4. The van der Waals surface area contributed by atoms with Gasteiger partial charge in [0.25, 0.3) is 0 Å². The number of nitrogens with one attached hydrogen (secondary N) is 2. The molecule has 0 spiro atoms. The zero-order chi connectivity index (χ0) is 16.4. The lowest BCUT2D eigenvalue weighted by atomic mass is 9.96. The Labute approximate surface area is 142 Å². The summed E-state index contributed by atoms with van der Waals surface area (Å²) in [6, 6.07) is 0.399. The molecule has 0 amide bonds. The van der Waals surface area contributed by atoms with Gasteiger partial charge in [0.05, 0.1) is 30.5 Å². The van der Waals surface area contributed by atoms with Gasteiger partial charge in [0.2, 0.25) is 0 Å². The van der Waals surface area contributed by atoms with Crippen molar-refractivity contribution in [3.05, 3.63) is 15.6 Å². The molecule has 2 aliphatic rings. The summed E-state index contributed by atoms with van der Waals surface area (Å²) in [6.45, 7) is 10.1. The molecule has 2 N–H and O–H groups in total. The summed E-state index contributed by atoms with van der Waals surface area (Å²) in [5, 5.41) is 7.99. The van der Waals surface area contributed by atoms with Crippen LogP contribution in [0.15, 0.2) is 4.99 Å². The van der Waals surface area contributed by atoms with Gasteiger partial charge in [0, 0.05) is 11.4 Å². The van der Waals surface area contributed by atoms with Crippen LogP contribution < -0.4 is 10.6 Å². The molecule has 6 heteroatoms. The van der Waals surface area contributed by atoms with Crippen molar-refractivity contribution >= 4 is 17.3 Å². The number of hydrogen-bond acceptors (Lipinski definition) is 4. The van der Waals surface area contributed by atoms with Gasteiger partial charge in [-0.1, -0.05) is 13.8 Å². The Kier molecular flexibility index (Phi) is 5.21. The van der Waals surface area contributed by atoms with Crippen LogP contribution in [0.2, 0.25) is 0 Å². The molecule has 1 aromatic rings. The molecule has 0 aliphatic carbocycles. The second-order valence-electron chi connectivity index (χ2n) is 6.76. The molecule has 2 bridgehead atoms. The van der Waals surface area contributed by atoms with Gasteiger partial charge >= 0.3 is 0 Å². The van der Waals surface area contributed by atoms with Gasteiger partial charge in [-0.3, -0.25) is 0 Å². The first-order chi connectivity index (χ1) is 11.1. The van der Waals surface area contributed by atoms with E-state index in [1.807, 2.05) is 0 Å². The second kappa shape index (κ2) is 7.18. The molecular formula is C17H28N4OS. The third-order valence-electron chi connectivity index (χ3n) is 4.57. The summed E-state index contributed by atoms with van der Waals surface area (Å²) < 4.78 is 5.92. The van der Waals surface area contributed by atoms with Crippen molar-refractivity contribution in [1.82, 2.24) is 15.6 Å². The summed E-state index contributed by atoms with van der Waals surface area (Å²) in [5.41, 5.74) is 1.21. The Bertz CT molecular complexity index is 569. The Hall–Kier alpha value is -1.14. The average molecular weight is 337 g/mol. The minimum Gasteiger partial charge on any atom is -0.373 e. The quantitative estimate of drug-likeness (QED) is 0.641. The van der Waals surface area contributed by atoms with Gasteiger partial charge in [-0.2, -0.15) is 0 Å². The number of rotatable bonds is 5. The molecule has 0 saturated carbocycles. The summed E-state index contributed by atoms with van der Waals surface area (Å²) in [5.74, 6) is 1.36. The largest absolute Gasteiger partial charge is 0.373 e. The second-order valence-corrected chi connectivity index (χ2v) is 8.05. The standard InChI is InChI=1S/C17H28N4OS/c1-5-18-17(20-13-8-12-6-7-14(13)22-12)19-9-15-21-16(10(2)3)11(4)23-15/h10,12-14H,5-9H2,1-4H3,(H2,18,19,20). The lowest BCUT2D eigenvalue weighted by molar-refractivity contribution is 0.0992. The minimum absolute atomic E-state index is 0.360. The van der Waals surface area contributed by atoms with E-state index in [1.165, 1.54) is 23.4 Å². The Morgan fingerprint density at radius 2 is 2.26 bits per heavy atom. The lowest BCUT2D eigenvalue weighted by Crippen LogP contribution is -2.47. The fourth-order valence-corrected chi connectivity index (χ4v) is 4.51. The van der Waals surface area contributed by atoms with Gasteiger partial charge in [-0.05, 0) is 39.0 Å². The van der Waals surface area contributed by atoms with E-state index in [9.17, 15) is 0 Å². The van der Waals surface area contributed by atoms with Crippen molar-refractivity contribution < 1.29 is 4.74 Å². The summed E-state index contributed by atoms with van der Waals surface area (Å²) in [4.78, 5) is 10.8. The summed E-state index contributed by atoms with van der Waals surface area (Å²) in [6.07, 6.45) is 4.30. The van der Waals surface area contributed by atoms with Crippen LogP contribution in [0.5, 0.6) is 0 Å². The molecule has 0 aromatic carbocycles. The van der Waals surface area contributed by atoms with E-state index in [2.05, 4.69) is 38.3 Å². The number of fused-ring (bicyclic) bond motifs is 2. The van der Waals surface area contributed by atoms with Crippen molar-refractivity contribution in [3.63, 3.8) is 0 Å². The number of ether oxygens (including phenoxy) is 1. The van der Waals surface area contributed by atoms with Crippen molar-refractivity contribution in [2.75, 3.05) is 6.54 Å². The lowest BCUT2D eigenvalue weighted by Gasteiger charge is -2.22. The van der Waals surface area contributed by atoms with Crippen LogP contribution in [0, 0.1) is 6.92 Å². The molecule has 3 heterocycles. The molecule has 3 rings (SSSR count). The number of aliphatic imine (C=N–C) groups is 1. The van der Waals surface area contributed by atoms with Crippen molar-refractivity contribution in [2.45, 2.75) is 77.7 Å². The Morgan fingerprint density at radius 1 is 1.43 bits per heavy atom. The molecule has 3 atom stereocenters. The molecule has 1 aromatic heterocycles. The van der Waals surface area contributed by atoms with Gasteiger partial charge in [-0.25, -0.2) is 9.98 Å². The first-order valence-corrected chi connectivity index (χ1v) is 9.55. The summed E-state index contributed by atoms with van der Waals surface area (Å²) >= 11 is 1.76. The molecule has 3 unspecified atom stereocenters. The molecule has 2 saturated heterocycles. The number of nitrogens with zero attached hydrogens (tertiary/aromatic N) is 2. The number of hydrogen-bond donors (Lipinski definition) is 2. The highest BCUT2D eigenvalue weighted by atomic mass is 32.1. The van der Waals surface area contributed by atoms with Gasteiger partial charge in [0.1, 0.15) is 5.01 Å². The van der Waals surface area contributed by atoms with Crippen LogP contribution in [-0.2, 0) is 11.3 Å². The van der Waals surface area contributed by atoms with Crippen LogP contribution in [0.1, 0.15) is 61.5 Å². The van der Waals surface area contributed by atoms with E-state index in [-0.39, 0.29) is 0 Å². The monoisotopic (exact) mass is 336 g/mol.